The fraction of sp³-hybridized carbons (Fsp3) is 0.0909. The highest BCUT2D eigenvalue weighted by molar-refractivity contribution is 6.62. The highest BCUT2D eigenvalue weighted by atomic mass is 16.4. The Labute approximate surface area is 84.4 Å². The van der Waals surface area contributed by atoms with E-state index >= 15 is 0 Å². The van der Waals surface area contributed by atoms with Crippen LogP contribution in [-0.2, 0) is 0 Å². The van der Waals surface area contributed by atoms with Gasteiger partial charge in [-0.1, -0.05) is 41.9 Å². The standard InChI is InChI=1S/C11H11BO2/c1-8-6-7-9-4-2-3-5-10(9)11(8)12(13)14/h2-7,13-14H,1H3/i6D. The molecule has 2 N–H and O–H groups in total. The van der Waals surface area contributed by atoms with Crippen LogP contribution in [0.4, 0.5) is 0 Å². The molecule has 0 saturated carbocycles. The molecule has 0 atom stereocenters. The van der Waals surface area contributed by atoms with E-state index in [1.54, 1.807) is 13.0 Å². The molecular weight excluding hydrogens is 175 g/mol. The van der Waals surface area contributed by atoms with Crippen LogP contribution in [0.15, 0.2) is 36.4 Å². The van der Waals surface area contributed by atoms with Crippen molar-refractivity contribution in [3.05, 3.63) is 41.9 Å². The summed E-state index contributed by atoms with van der Waals surface area (Å²) < 4.78 is 7.71. The molecule has 14 heavy (non-hydrogen) atoms. The van der Waals surface area contributed by atoms with Crippen molar-refractivity contribution in [1.82, 2.24) is 0 Å². The molecule has 0 amide bonds. The van der Waals surface area contributed by atoms with Gasteiger partial charge in [-0.2, -0.15) is 0 Å². The van der Waals surface area contributed by atoms with Gasteiger partial charge >= 0.3 is 7.12 Å². The van der Waals surface area contributed by atoms with E-state index < -0.39 is 7.12 Å². The molecule has 0 spiro atoms. The van der Waals surface area contributed by atoms with E-state index in [1.165, 1.54) is 0 Å². The minimum absolute atomic E-state index is 0.330. The monoisotopic (exact) mass is 187 g/mol. The topological polar surface area (TPSA) is 40.5 Å². The molecule has 70 valence electrons. The molecule has 0 radical (unpaired) electrons. The van der Waals surface area contributed by atoms with Crippen LogP contribution >= 0.6 is 0 Å². The summed E-state index contributed by atoms with van der Waals surface area (Å²) in [6.45, 7) is 1.73. The van der Waals surface area contributed by atoms with E-state index in [1.807, 2.05) is 24.3 Å². The molecule has 2 aromatic carbocycles. The van der Waals surface area contributed by atoms with Gasteiger partial charge in [0.15, 0.2) is 0 Å². The number of fused-ring (bicyclic) bond motifs is 1. The second kappa shape index (κ2) is 3.44. The first-order valence-corrected chi connectivity index (χ1v) is 4.46. The van der Waals surface area contributed by atoms with Crippen LogP contribution in [-0.4, -0.2) is 17.2 Å². The van der Waals surface area contributed by atoms with Crippen LogP contribution in [0.3, 0.4) is 0 Å². The smallest absolute Gasteiger partial charge is 0.423 e. The van der Waals surface area contributed by atoms with Gasteiger partial charge in [0.1, 0.15) is 0 Å². The van der Waals surface area contributed by atoms with Gasteiger partial charge in [0.25, 0.3) is 0 Å². The van der Waals surface area contributed by atoms with Crippen molar-refractivity contribution < 1.29 is 11.4 Å². The second-order valence-electron chi connectivity index (χ2n) is 3.29. The molecule has 2 nitrogen and oxygen atoms in total. The Morgan fingerprint density at radius 1 is 1.21 bits per heavy atom. The third-order valence-corrected chi connectivity index (χ3v) is 2.36. The average molecular weight is 187 g/mol. The van der Waals surface area contributed by atoms with E-state index in [0.717, 1.165) is 10.8 Å². The van der Waals surface area contributed by atoms with Crippen molar-refractivity contribution in [1.29, 1.82) is 0 Å². The zero-order chi connectivity index (χ0) is 11.0. The van der Waals surface area contributed by atoms with Crippen molar-refractivity contribution in [2.75, 3.05) is 0 Å². The molecule has 0 aliphatic heterocycles. The Morgan fingerprint density at radius 3 is 2.64 bits per heavy atom. The molecule has 3 heteroatoms. The molecule has 2 rings (SSSR count). The first-order valence-electron chi connectivity index (χ1n) is 4.96. The van der Waals surface area contributed by atoms with Crippen molar-refractivity contribution in [2.24, 2.45) is 0 Å². The Morgan fingerprint density at radius 2 is 1.93 bits per heavy atom. The second-order valence-corrected chi connectivity index (χ2v) is 3.29. The van der Waals surface area contributed by atoms with Gasteiger partial charge in [-0.25, -0.2) is 0 Å². The Hall–Kier alpha value is -1.32. The van der Waals surface area contributed by atoms with Crippen molar-refractivity contribution in [3.63, 3.8) is 0 Å². The summed E-state index contributed by atoms with van der Waals surface area (Å²) in [6.07, 6.45) is 0. The van der Waals surface area contributed by atoms with Gasteiger partial charge in [0.05, 0.1) is 1.37 Å². The van der Waals surface area contributed by atoms with Gasteiger partial charge in [0.2, 0.25) is 0 Å². The molecule has 2 aromatic rings. The zero-order valence-electron chi connectivity index (χ0n) is 8.86. The normalized spacial score (nSPS) is 11.5. The predicted octanol–water partition coefficient (Wildman–Crippen LogP) is 0.828. The summed E-state index contributed by atoms with van der Waals surface area (Å²) in [5.74, 6) is 0. The zero-order valence-corrected chi connectivity index (χ0v) is 7.86. The third kappa shape index (κ3) is 1.41. The Kier molecular flexibility index (Phi) is 1.98. The fourth-order valence-electron chi connectivity index (χ4n) is 1.67. The van der Waals surface area contributed by atoms with Crippen molar-refractivity contribution in [3.8, 4) is 0 Å². The molecule has 0 aliphatic carbocycles. The molecule has 0 saturated heterocycles. The lowest BCUT2D eigenvalue weighted by Crippen LogP contribution is -2.32. The van der Waals surface area contributed by atoms with Crippen LogP contribution < -0.4 is 5.46 Å². The number of hydrogen-bond donors (Lipinski definition) is 2. The fourth-order valence-corrected chi connectivity index (χ4v) is 1.67. The maximum absolute atomic E-state index is 9.30. The van der Waals surface area contributed by atoms with Crippen molar-refractivity contribution >= 4 is 23.4 Å². The first kappa shape index (κ1) is 8.03. The van der Waals surface area contributed by atoms with E-state index in [2.05, 4.69) is 0 Å². The summed E-state index contributed by atoms with van der Waals surface area (Å²) in [5, 5.41) is 20.2. The minimum atomic E-state index is -1.53. The lowest BCUT2D eigenvalue weighted by Gasteiger charge is -2.08. The maximum atomic E-state index is 9.30. The van der Waals surface area contributed by atoms with Crippen molar-refractivity contribution in [2.45, 2.75) is 6.92 Å². The van der Waals surface area contributed by atoms with E-state index in [-0.39, 0.29) is 0 Å². The van der Waals surface area contributed by atoms with E-state index in [9.17, 15) is 10.0 Å². The number of rotatable bonds is 1. The van der Waals surface area contributed by atoms with Crippen LogP contribution in [0, 0.1) is 6.92 Å². The van der Waals surface area contributed by atoms with E-state index in [4.69, 9.17) is 1.37 Å². The Balaban J connectivity index is 2.89. The average Bonchev–Trinajstić information content (AvgIpc) is 2.19. The lowest BCUT2D eigenvalue weighted by molar-refractivity contribution is 0.426. The highest BCUT2D eigenvalue weighted by Crippen LogP contribution is 2.13. The molecule has 0 heterocycles. The molecule has 0 unspecified atom stereocenters. The highest BCUT2D eigenvalue weighted by Gasteiger charge is 2.16. The molecule has 0 aromatic heterocycles. The molecule has 0 fully saturated rings. The summed E-state index contributed by atoms with van der Waals surface area (Å²) in [5.41, 5.74) is 1.04. The molecular formula is C11H11BO2. The Bertz CT molecular complexity index is 511. The maximum Gasteiger partial charge on any atom is 0.489 e. The third-order valence-electron chi connectivity index (χ3n) is 2.36. The minimum Gasteiger partial charge on any atom is -0.423 e. The quantitative estimate of drug-likeness (QED) is 0.649. The lowest BCUT2D eigenvalue weighted by atomic mass is 9.74. The van der Waals surface area contributed by atoms with Crippen LogP contribution in [0.25, 0.3) is 10.8 Å². The van der Waals surface area contributed by atoms with Gasteiger partial charge in [-0.15, -0.1) is 0 Å². The molecule has 0 aliphatic rings. The van der Waals surface area contributed by atoms with Gasteiger partial charge in [-0.05, 0) is 23.2 Å². The SMILES string of the molecule is [2H]c1cc2ccccc2c(B(O)O)c1C. The summed E-state index contributed by atoms with van der Waals surface area (Å²) in [6, 6.07) is 9.46. The molecule has 0 bridgehead atoms. The number of hydrogen-bond acceptors (Lipinski definition) is 2. The van der Waals surface area contributed by atoms with Crippen LogP contribution in [0.2, 0.25) is 0 Å². The summed E-state index contributed by atoms with van der Waals surface area (Å²) in [7, 11) is -1.53. The van der Waals surface area contributed by atoms with E-state index in [0.29, 0.717) is 17.1 Å². The van der Waals surface area contributed by atoms with Gasteiger partial charge in [0, 0.05) is 0 Å². The number of benzene rings is 2. The largest absolute Gasteiger partial charge is 0.489 e. The van der Waals surface area contributed by atoms with Crippen LogP contribution in [0.5, 0.6) is 0 Å². The predicted molar refractivity (Wildman–Crippen MR) is 58.5 cm³/mol. The van der Waals surface area contributed by atoms with Gasteiger partial charge < -0.3 is 10.0 Å². The van der Waals surface area contributed by atoms with Crippen LogP contribution in [0.1, 0.15) is 6.93 Å². The van der Waals surface area contributed by atoms with Gasteiger partial charge in [-0.3, -0.25) is 0 Å². The first-order chi connectivity index (χ1) is 7.11. The summed E-state index contributed by atoms with van der Waals surface area (Å²) >= 11 is 0. The summed E-state index contributed by atoms with van der Waals surface area (Å²) in [4.78, 5) is 0.